The summed E-state index contributed by atoms with van der Waals surface area (Å²) in [4.78, 5) is 22.3. The second kappa shape index (κ2) is 5.16. The van der Waals surface area contributed by atoms with E-state index < -0.39 is 10.7 Å². The van der Waals surface area contributed by atoms with Crippen molar-refractivity contribution in [3.63, 3.8) is 0 Å². The Morgan fingerprint density at radius 1 is 1.50 bits per heavy atom. The van der Waals surface area contributed by atoms with E-state index in [1.165, 1.54) is 6.07 Å². The van der Waals surface area contributed by atoms with Gasteiger partial charge < -0.3 is 5.11 Å². The van der Waals surface area contributed by atoms with Gasteiger partial charge in [0.25, 0.3) is 0 Å². The standard InChI is InChI=1S/C13H17NO4/c1-5-7(2)12(15)10-6-8(3)9(4)11(13(10)16)14(17)18/h6-7,16H,5H2,1-4H3. The summed E-state index contributed by atoms with van der Waals surface area (Å²) in [5, 5.41) is 20.9. The fourth-order valence-electron chi connectivity index (χ4n) is 1.75. The largest absolute Gasteiger partial charge is 0.502 e. The molecule has 98 valence electrons. The van der Waals surface area contributed by atoms with Gasteiger partial charge in [0, 0.05) is 11.5 Å². The molecule has 0 radical (unpaired) electrons. The number of ketones is 1. The smallest absolute Gasteiger partial charge is 0.314 e. The van der Waals surface area contributed by atoms with Gasteiger partial charge in [-0.15, -0.1) is 0 Å². The molecule has 0 amide bonds. The first kappa shape index (κ1) is 14.2. The highest BCUT2D eigenvalue weighted by atomic mass is 16.6. The number of carbonyl (C=O) groups excluding carboxylic acids is 1. The van der Waals surface area contributed by atoms with Crippen molar-refractivity contribution in [1.82, 2.24) is 0 Å². The third-order valence-corrected chi connectivity index (χ3v) is 3.29. The molecule has 1 aromatic rings. The van der Waals surface area contributed by atoms with Crippen LogP contribution in [0.25, 0.3) is 0 Å². The Bertz CT molecular complexity index is 508. The molecule has 1 aromatic carbocycles. The predicted molar refractivity (Wildman–Crippen MR) is 68.0 cm³/mol. The molecule has 18 heavy (non-hydrogen) atoms. The van der Waals surface area contributed by atoms with E-state index in [2.05, 4.69) is 0 Å². The van der Waals surface area contributed by atoms with Crippen molar-refractivity contribution in [1.29, 1.82) is 0 Å². The Labute approximate surface area is 106 Å². The van der Waals surface area contributed by atoms with Crippen LogP contribution in [0.4, 0.5) is 5.69 Å². The van der Waals surface area contributed by atoms with Crippen LogP contribution in [-0.4, -0.2) is 15.8 Å². The highest BCUT2D eigenvalue weighted by Gasteiger charge is 2.27. The number of Topliss-reactive ketones (excluding diaryl/α,β-unsaturated/α-hetero) is 1. The maximum atomic E-state index is 12.1. The van der Waals surface area contributed by atoms with Crippen molar-refractivity contribution in [2.75, 3.05) is 0 Å². The van der Waals surface area contributed by atoms with Gasteiger partial charge in [0.1, 0.15) is 0 Å². The quantitative estimate of drug-likeness (QED) is 0.506. The molecule has 1 atom stereocenters. The molecule has 0 fully saturated rings. The van der Waals surface area contributed by atoms with Crippen LogP contribution in [0.1, 0.15) is 41.8 Å². The highest BCUT2D eigenvalue weighted by molar-refractivity contribution is 6.01. The van der Waals surface area contributed by atoms with Crippen LogP contribution in [-0.2, 0) is 0 Å². The molecule has 0 saturated carbocycles. The lowest BCUT2D eigenvalue weighted by atomic mass is 9.93. The summed E-state index contributed by atoms with van der Waals surface area (Å²) >= 11 is 0. The van der Waals surface area contributed by atoms with Gasteiger partial charge in [-0.2, -0.15) is 0 Å². The molecule has 0 aromatic heterocycles. The summed E-state index contributed by atoms with van der Waals surface area (Å²) in [5.74, 6) is -1.05. The van der Waals surface area contributed by atoms with E-state index in [0.717, 1.165) is 0 Å². The molecular formula is C13H17NO4. The highest BCUT2D eigenvalue weighted by Crippen LogP contribution is 2.36. The maximum absolute atomic E-state index is 12.1. The van der Waals surface area contributed by atoms with Gasteiger partial charge in [-0.25, -0.2) is 0 Å². The van der Waals surface area contributed by atoms with Crippen LogP contribution >= 0.6 is 0 Å². The molecule has 1 N–H and O–H groups in total. The molecule has 1 unspecified atom stereocenters. The van der Waals surface area contributed by atoms with E-state index in [4.69, 9.17) is 0 Å². The van der Waals surface area contributed by atoms with Crippen molar-refractivity contribution in [2.45, 2.75) is 34.1 Å². The van der Waals surface area contributed by atoms with Gasteiger partial charge in [-0.3, -0.25) is 14.9 Å². The van der Waals surface area contributed by atoms with E-state index >= 15 is 0 Å². The summed E-state index contributed by atoms with van der Waals surface area (Å²) in [6, 6.07) is 1.52. The number of nitrogens with zero attached hydrogens (tertiary/aromatic N) is 1. The van der Waals surface area contributed by atoms with E-state index in [1.807, 2.05) is 6.92 Å². The first-order valence-electron chi connectivity index (χ1n) is 5.83. The molecule has 0 saturated heterocycles. The second-order valence-corrected chi connectivity index (χ2v) is 4.49. The monoisotopic (exact) mass is 251 g/mol. The van der Waals surface area contributed by atoms with Gasteiger partial charge in [-0.05, 0) is 31.9 Å². The first-order valence-corrected chi connectivity index (χ1v) is 5.83. The minimum Gasteiger partial charge on any atom is -0.502 e. The maximum Gasteiger partial charge on any atom is 0.314 e. The average molecular weight is 251 g/mol. The van der Waals surface area contributed by atoms with Crippen LogP contribution in [0, 0.1) is 29.9 Å². The number of phenols is 1. The van der Waals surface area contributed by atoms with E-state index in [1.54, 1.807) is 20.8 Å². The molecule has 0 heterocycles. The number of nitro groups is 1. The summed E-state index contributed by atoms with van der Waals surface area (Å²) < 4.78 is 0. The molecule has 0 aliphatic heterocycles. The Morgan fingerprint density at radius 3 is 2.50 bits per heavy atom. The van der Waals surface area contributed by atoms with Crippen LogP contribution in [0.15, 0.2) is 6.07 Å². The normalized spacial score (nSPS) is 12.2. The number of carbonyl (C=O) groups is 1. The van der Waals surface area contributed by atoms with Gasteiger partial charge in [-0.1, -0.05) is 13.8 Å². The Balaban J connectivity index is 3.48. The second-order valence-electron chi connectivity index (χ2n) is 4.49. The zero-order chi connectivity index (χ0) is 14.0. The lowest BCUT2D eigenvalue weighted by Crippen LogP contribution is -2.12. The van der Waals surface area contributed by atoms with E-state index in [9.17, 15) is 20.0 Å². The average Bonchev–Trinajstić information content (AvgIpc) is 2.31. The van der Waals surface area contributed by atoms with Gasteiger partial charge in [0.2, 0.25) is 5.75 Å². The summed E-state index contributed by atoms with van der Waals surface area (Å²) in [5.41, 5.74) is 0.685. The Kier molecular flexibility index (Phi) is 4.06. The number of rotatable bonds is 4. The predicted octanol–water partition coefficient (Wildman–Crippen LogP) is 3.15. The zero-order valence-electron chi connectivity index (χ0n) is 11.0. The molecule has 0 spiro atoms. The van der Waals surface area contributed by atoms with Crippen molar-refractivity contribution < 1.29 is 14.8 Å². The molecule has 5 heteroatoms. The van der Waals surface area contributed by atoms with Crippen LogP contribution in [0.3, 0.4) is 0 Å². The number of phenolic OH excluding ortho intramolecular Hbond substituents is 1. The Hall–Kier alpha value is -1.91. The number of nitro benzene ring substituents is 1. The number of benzene rings is 1. The van der Waals surface area contributed by atoms with Crippen molar-refractivity contribution >= 4 is 11.5 Å². The van der Waals surface area contributed by atoms with Crippen LogP contribution in [0.2, 0.25) is 0 Å². The summed E-state index contributed by atoms with van der Waals surface area (Å²) in [7, 11) is 0. The third-order valence-electron chi connectivity index (χ3n) is 3.29. The molecule has 0 aliphatic rings. The molecule has 0 bridgehead atoms. The number of hydrogen-bond acceptors (Lipinski definition) is 4. The number of aryl methyl sites for hydroxylation is 1. The number of hydrogen-bond donors (Lipinski definition) is 1. The summed E-state index contributed by atoms with van der Waals surface area (Å²) in [6.45, 7) is 6.84. The number of aromatic hydroxyl groups is 1. The van der Waals surface area contributed by atoms with Gasteiger partial charge >= 0.3 is 5.69 Å². The minimum absolute atomic E-state index is 0.0409. The van der Waals surface area contributed by atoms with Crippen molar-refractivity contribution in [3.8, 4) is 5.75 Å². The fraction of sp³-hybridized carbons (Fsp3) is 0.462. The van der Waals surface area contributed by atoms with E-state index in [-0.39, 0.29) is 23.0 Å². The molecule has 1 rings (SSSR count). The third kappa shape index (κ3) is 2.34. The fourth-order valence-corrected chi connectivity index (χ4v) is 1.75. The topological polar surface area (TPSA) is 80.4 Å². The zero-order valence-corrected chi connectivity index (χ0v) is 11.0. The summed E-state index contributed by atoms with van der Waals surface area (Å²) in [6.07, 6.45) is 0.624. The van der Waals surface area contributed by atoms with Gasteiger partial charge in [0.05, 0.1) is 10.5 Å². The van der Waals surface area contributed by atoms with E-state index in [0.29, 0.717) is 17.5 Å². The lowest BCUT2D eigenvalue weighted by Gasteiger charge is -2.12. The van der Waals surface area contributed by atoms with Crippen LogP contribution in [0.5, 0.6) is 5.75 Å². The SMILES string of the molecule is CCC(C)C(=O)c1cc(C)c(C)c([N+](=O)[O-])c1O. The van der Waals surface area contributed by atoms with Gasteiger partial charge in [0.15, 0.2) is 5.78 Å². The lowest BCUT2D eigenvalue weighted by molar-refractivity contribution is -0.386. The minimum atomic E-state index is -0.648. The molecule has 5 nitrogen and oxygen atoms in total. The Morgan fingerprint density at radius 2 is 2.06 bits per heavy atom. The van der Waals surface area contributed by atoms with Crippen molar-refractivity contribution in [3.05, 3.63) is 32.9 Å². The molecule has 0 aliphatic carbocycles. The van der Waals surface area contributed by atoms with Crippen molar-refractivity contribution in [2.24, 2.45) is 5.92 Å². The first-order chi connectivity index (χ1) is 8.31. The van der Waals surface area contributed by atoms with Crippen LogP contribution < -0.4 is 0 Å². The molecular weight excluding hydrogens is 234 g/mol.